The Kier molecular flexibility index (Phi) is 8.95. The highest BCUT2D eigenvalue weighted by molar-refractivity contribution is 5.98. The molecule has 6 N–H and O–H groups in total. The van der Waals surface area contributed by atoms with Crippen LogP contribution >= 0.6 is 0 Å². The van der Waals surface area contributed by atoms with E-state index in [0.717, 1.165) is 12.5 Å². The number of pyridine rings is 2. The number of hydrogen-bond acceptors (Lipinski definition) is 8. The molecule has 31 heavy (non-hydrogen) atoms. The lowest BCUT2D eigenvalue weighted by molar-refractivity contribution is 0.100. The number of nitrogens with one attached hydrogen (secondary N) is 2. The summed E-state index contributed by atoms with van der Waals surface area (Å²) >= 11 is 0. The largest absolute Gasteiger partial charge is 0.475 e. The van der Waals surface area contributed by atoms with Crippen molar-refractivity contribution < 1.29 is 18.7 Å². The maximum Gasteiger partial charge on any atom is 0.252 e. The summed E-state index contributed by atoms with van der Waals surface area (Å²) in [7, 11) is 1.57. The lowest BCUT2D eigenvalue weighted by Crippen LogP contribution is -2.39. The lowest BCUT2D eigenvalue weighted by atomic mass is 9.99. The number of rotatable bonds is 12. The van der Waals surface area contributed by atoms with Crippen LogP contribution in [0.2, 0.25) is 0 Å². The monoisotopic (exact) mass is 434 g/mol. The second-order valence-electron chi connectivity index (χ2n) is 7.67. The average Bonchev–Trinajstić information content (AvgIpc) is 2.69. The standard InChI is InChI=1S/C21H31FN6O3/c1-12(2)9-17(13(3)23)27-21-16(22)11-15(19(24)29)20(28-21)26-14-5-6-25-18(10-14)31-8-7-30-4/h5-6,10-13,17H,7-9,23H2,1-4H3,(H2,24,29)(H2,25,26,27,28)/t13-,17+/m0/s1. The van der Waals surface area contributed by atoms with Crippen molar-refractivity contribution in [3.8, 4) is 5.88 Å². The second kappa shape index (κ2) is 11.4. The van der Waals surface area contributed by atoms with Gasteiger partial charge in [-0.15, -0.1) is 0 Å². The highest BCUT2D eigenvalue weighted by Gasteiger charge is 2.21. The second-order valence-corrected chi connectivity index (χ2v) is 7.67. The van der Waals surface area contributed by atoms with Gasteiger partial charge in [0, 0.05) is 37.1 Å². The Hall–Kier alpha value is -2.98. The van der Waals surface area contributed by atoms with Crippen LogP contribution in [0, 0.1) is 11.7 Å². The van der Waals surface area contributed by atoms with Gasteiger partial charge in [0.05, 0.1) is 12.2 Å². The zero-order valence-electron chi connectivity index (χ0n) is 18.3. The highest BCUT2D eigenvalue weighted by atomic mass is 19.1. The number of amides is 1. The van der Waals surface area contributed by atoms with Crippen LogP contribution < -0.4 is 26.8 Å². The third kappa shape index (κ3) is 7.34. The van der Waals surface area contributed by atoms with Crippen molar-refractivity contribution in [1.82, 2.24) is 9.97 Å². The summed E-state index contributed by atoms with van der Waals surface area (Å²) < 4.78 is 25.1. The first-order chi connectivity index (χ1) is 14.7. The number of carbonyl (C=O) groups excluding carboxylic acids is 1. The summed E-state index contributed by atoms with van der Waals surface area (Å²) in [5.74, 6) is -0.692. The van der Waals surface area contributed by atoms with Crippen LogP contribution in [0.1, 0.15) is 37.6 Å². The molecule has 9 nitrogen and oxygen atoms in total. The van der Waals surface area contributed by atoms with Crippen molar-refractivity contribution in [2.24, 2.45) is 17.4 Å². The van der Waals surface area contributed by atoms with Gasteiger partial charge in [-0.1, -0.05) is 13.8 Å². The molecule has 10 heteroatoms. The Morgan fingerprint density at radius 3 is 2.58 bits per heavy atom. The molecule has 0 unspecified atom stereocenters. The van der Waals surface area contributed by atoms with Crippen LogP contribution in [-0.4, -0.2) is 48.3 Å². The topological polar surface area (TPSA) is 137 Å². The predicted molar refractivity (Wildman–Crippen MR) is 118 cm³/mol. The van der Waals surface area contributed by atoms with E-state index in [0.29, 0.717) is 30.7 Å². The molecule has 0 aliphatic carbocycles. The molecule has 2 rings (SSSR count). The van der Waals surface area contributed by atoms with Crippen LogP contribution in [0.25, 0.3) is 0 Å². The summed E-state index contributed by atoms with van der Waals surface area (Å²) in [6.07, 6.45) is 2.26. The fourth-order valence-electron chi connectivity index (χ4n) is 2.89. The molecule has 1 amide bonds. The van der Waals surface area contributed by atoms with Crippen LogP contribution in [0.4, 0.5) is 21.7 Å². The SMILES string of the molecule is COCCOc1cc(Nc2nc(N[C@H](CC(C)C)[C@H](C)N)c(F)cc2C(N)=O)ccn1. The van der Waals surface area contributed by atoms with Gasteiger partial charge in [-0.3, -0.25) is 4.79 Å². The normalized spacial score (nSPS) is 13.0. The molecule has 0 bridgehead atoms. The summed E-state index contributed by atoms with van der Waals surface area (Å²) in [5, 5.41) is 6.06. The Morgan fingerprint density at radius 1 is 1.23 bits per heavy atom. The van der Waals surface area contributed by atoms with E-state index in [1.807, 2.05) is 6.92 Å². The van der Waals surface area contributed by atoms with Crippen LogP contribution in [0.3, 0.4) is 0 Å². The molecule has 170 valence electrons. The minimum atomic E-state index is -0.808. The van der Waals surface area contributed by atoms with Gasteiger partial charge in [-0.2, -0.15) is 0 Å². The van der Waals surface area contributed by atoms with Crippen molar-refractivity contribution in [1.29, 1.82) is 0 Å². The molecular weight excluding hydrogens is 403 g/mol. The molecule has 2 heterocycles. The highest BCUT2D eigenvalue weighted by Crippen LogP contribution is 2.26. The van der Waals surface area contributed by atoms with Crippen LogP contribution in [0.5, 0.6) is 5.88 Å². The number of nitrogens with zero attached hydrogens (tertiary/aromatic N) is 2. The first-order valence-corrected chi connectivity index (χ1v) is 10.1. The molecule has 2 aromatic rings. The Balaban J connectivity index is 2.32. The van der Waals surface area contributed by atoms with E-state index in [9.17, 15) is 9.18 Å². The van der Waals surface area contributed by atoms with Crippen molar-refractivity contribution in [3.05, 3.63) is 35.8 Å². The number of carbonyl (C=O) groups is 1. The van der Waals surface area contributed by atoms with Crippen LogP contribution in [0.15, 0.2) is 24.4 Å². The lowest BCUT2D eigenvalue weighted by Gasteiger charge is -2.25. The van der Waals surface area contributed by atoms with Crippen molar-refractivity contribution in [2.75, 3.05) is 31.0 Å². The Bertz CT molecular complexity index is 878. The van der Waals surface area contributed by atoms with Gasteiger partial charge < -0.3 is 31.6 Å². The first kappa shape index (κ1) is 24.3. The van der Waals surface area contributed by atoms with Gasteiger partial charge in [0.15, 0.2) is 11.6 Å². The molecule has 0 aromatic carbocycles. The quantitative estimate of drug-likeness (QED) is 0.374. The Labute approximate surface area is 181 Å². The van der Waals surface area contributed by atoms with E-state index in [-0.39, 0.29) is 29.3 Å². The number of hydrogen-bond donors (Lipinski definition) is 4. The molecule has 2 aromatic heterocycles. The number of primary amides is 1. The zero-order chi connectivity index (χ0) is 23.0. The Morgan fingerprint density at radius 2 is 1.97 bits per heavy atom. The zero-order valence-corrected chi connectivity index (χ0v) is 18.3. The van der Waals surface area contributed by atoms with E-state index in [1.54, 1.807) is 19.2 Å². The van der Waals surface area contributed by atoms with Crippen LogP contribution in [-0.2, 0) is 4.74 Å². The van der Waals surface area contributed by atoms with Gasteiger partial charge in [0.1, 0.15) is 12.4 Å². The molecule has 0 spiro atoms. The van der Waals surface area contributed by atoms with Crippen molar-refractivity contribution in [3.63, 3.8) is 0 Å². The van der Waals surface area contributed by atoms with E-state index in [4.69, 9.17) is 20.9 Å². The molecule has 0 aliphatic heterocycles. The maximum atomic E-state index is 14.7. The molecule has 0 aliphatic rings. The number of methoxy groups -OCH3 is 1. The van der Waals surface area contributed by atoms with Gasteiger partial charge in [0.2, 0.25) is 5.88 Å². The number of ether oxygens (including phenoxy) is 2. The van der Waals surface area contributed by atoms with Gasteiger partial charge >= 0.3 is 0 Å². The number of aromatic nitrogens is 2. The summed E-state index contributed by atoms with van der Waals surface area (Å²) in [6, 6.07) is 3.92. The van der Waals surface area contributed by atoms with Gasteiger partial charge in [-0.25, -0.2) is 14.4 Å². The van der Waals surface area contributed by atoms with E-state index in [2.05, 4.69) is 34.4 Å². The summed E-state index contributed by atoms with van der Waals surface area (Å²) in [4.78, 5) is 20.3. The average molecular weight is 435 g/mol. The molecule has 0 fully saturated rings. The fraction of sp³-hybridized carbons (Fsp3) is 0.476. The van der Waals surface area contributed by atoms with Gasteiger partial charge in [-0.05, 0) is 31.4 Å². The molecule has 0 radical (unpaired) electrons. The van der Waals surface area contributed by atoms with Crippen molar-refractivity contribution in [2.45, 2.75) is 39.3 Å². The summed E-state index contributed by atoms with van der Waals surface area (Å²) in [6.45, 7) is 6.70. The summed E-state index contributed by atoms with van der Waals surface area (Å²) in [5.41, 5.74) is 12.0. The fourth-order valence-corrected chi connectivity index (χ4v) is 2.89. The third-order valence-electron chi connectivity index (χ3n) is 4.46. The third-order valence-corrected chi connectivity index (χ3v) is 4.46. The number of halogens is 1. The minimum absolute atomic E-state index is 0.0129. The van der Waals surface area contributed by atoms with E-state index < -0.39 is 11.7 Å². The molecule has 0 saturated carbocycles. The van der Waals surface area contributed by atoms with E-state index >= 15 is 0 Å². The molecule has 2 atom stereocenters. The molecular formula is C21H31FN6O3. The first-order valence-electron chi connectivity index (χ1n) is 10.1. The van der Waals surface area contributed by atoms with E-state index in [1.165, 1.54) is 6.20 Å². The number of nitrogens with two attached hydrogens (primary N) is 2. The van der Waals surface area contributed by atoms with Crippen molar-refractivity contribution >= 4 is 23.2 Å². The molecule has 0 saturated heterocycles. The minimum Gasteiger partial charge on any atom is -0.475 e. The van der Waals surface area contributed by atoms with Gasteiger partial charge in [0.25, 0.3) is 5.91 Å². The smallest absolute Gasteiger partial charge is 0.252 e. The number of anilines is 3. The maximum absolute atomic E-state index is 14.7. The predicted octanol–water partition coefficient (Wildman–Crippen LogP) is 2.66.